The Morgan fingerprint density at radius 1 is 1.47 bits per heavy atom. The lowest BCUT2D eigenvalue weighted by Crippen LogP contribution is -2.20. The maximum Gasteiger partial charge on any atom is 0.224 e. The van der Waals surface area contributed by atoms with Gasteiger partial charge in [-0.25, -0.2) is 4.98 Å². The molecule has 1 aromatic rings. The van der Waals surface area contributed by atoms with Crippen molar-refractivity contribution < 1.29 is 4.74 Å². The molecular formula is C15H22N2OS. The fraction of sp³-hybridized carbons (Fsp3) is 0.600. The van der Waals surface area contributed by atoms with Crippen LogP contribution in [0.4, 0.5) is 0 Å². The average Bonchev–Trinajstić information content (AvgIpc) is 2.38. The summed E-state index contributed by atoms with van der Waals surface area (Å²) in [5.74, 6) is 0.620. The molecule has 1 heterocycles. The summed E-state index contributed by atoms with van der Waals surface area (Å²) in [6, 6.07) is 2.08. The van der Waals surface area contributed by atoms with Crippen LogP contribution >= 0.6 is 12.2 Å². The number of rotatable bonds is 5. The van der Waals surface area contributed by atoms with Gasteiger partial charge in [0.1, 0.15) is 4.99 Å². The number of hydrogen-bond donors (Lipinski definition) is 1. The SMILES string of the molecule is CCCC(C)Oc1nc2c(cc1C(N)=S)CCCC2. The molecule has 0 fully saturated rings. The number of fused-ring (bicyclic) bond motifs is 1. The quantitative estimate of drug-likeness (QED) is 0.841. The molecule has 0 saturated heterocycles. The molecule has 0 spiro atoms. The summed E-state index contributed by atoms with van der Waals surface area (Å²) in [4.78, 5) is 5.04. The molecule has 0 aromatic carbocycles. The highest BCUT2D eigenvalue weighted by atomic mass is 32.1. The van der Waals surface area contributed by atoms with E-state index in [1.165, 1.54) is 18.4 Å². The number of nitrogens with zero attached hydrogens (tertiary/aromatic N) is 1. The minimum atomic E-state index is 0.146. The molecule has 2 N–H and O–H groups in total. The molecule has 0 aliphatic heterocycles. The van der Waals surface area contributed by atoms with Crippen LogP contribution < -0.4 is 10.5 Å². The molecule has 1 aliphatic carbocycles. The Labute approximate surface area is 120 Å². The van der Waals surface area contributed by atoms with Crippen molar-refractivity contribution in [3.8, 4) is 5.88 Å². The molecule has 1 unspecified atom stereocenters. The number of pyridine rings is 1. The second-order valence-corrected chi connectivity index (χ2v) is 5.68. The Balaban J connectivity index is 2.31. The first-order valence-electron chi connectivity index (χ1n) is 7.11. The molecule has 0 amide bonds. The second kappa shape index (κ2) is 6.33. The van der Waals surface area contributed by atoms with Crippen molar-refractivity contribution in [2.45, 2.75) is 58.5 Å². The zero-order chi connectivity index (χ0) is 13.8. The van der Waals surface area contributed by atoms with Crippen molar-refractivity contribution in [3.05, 3.63) is 22.9 Å². The van der Waals surface area contributed by atoms with Crippen molar-refractivity contribution in [3.63, 3.8) is 0 Å². The van der Waals surface area contributed by atoms with E-state index in [1.807, 2.05) is 0 Å². The van der Waals surface area contributed by atoms with Gasteiger partial charge in [-0.3, -0.25) is 0 Å². The van der Waals surface area contributed by atoms with Crippen molar-refractivity contribution in [2.24, 2.45) is 5.73 Å². The third-order valence-electron chi connectivity index (χ3n) is 3.54. The summed E-state index contributed by atoms with van der Waals surface area (Å²) in [5, 5.41) is 0. The highest BCUT2D eigenvalue weighted by molar-refractivity contribution is 7.80. The molecule has 0 radical (unpaired) electrons. The molecule has 19 heavy (non-hydrogen) atoms. The number of aromatic nitrogens is 1. The summed E-state index contributed by atoms with van der Waals surface area (Å²) in [5.41, 5.74) is 9.04. The molecule has 1 aromatic heterocycles. The molecule has 2 rings (SSSR count). The van der Waals surface area contributed by atoms with Crippen LogP contribution in [-0.2, 0) is 12.8 Å². The monoisotopic (exact) mass is 278 g/mol. The Hall–Kier alpha value is -1.16. The Morgan fingerprint density at radius 3 is 2.89 bits per heavy atom. The lowest BCUT2D eigenvalue weighted by molar-refractivity contribution is 0.200. The van der Waals surface area contributed by atoms with Gasteiger partial charge in [0.05, 0.1) is 11.7 Å². The van der Waals surface area contributed by atoms with Gasteiger partial charge in [-0.1, -0.05) is 25.6 Å². The van der Waals surface area contributed by atoms with Crippen molar-refractivity contribution in [2.75, 3.05) is 0 Å². The predicted octanol–water partition coefficient (Wildman–Crippen LogP) is 3.16. The van der Waals surface area contributed by atoms with Gasteiger partial charge in [-0.15, -0.1) is 0 Å². The number of ether oxygens (including phenoxy) is 1. The minimum absolute atomic E-state index is 0.146. The number of hydrogen-bond acceptors (Lipinski definition) is 3. The normalized spacial score (nSPS) is 15.7. The fourth-order valence-corrected chi connectivity index (χ4v) is 2.68. The standard InChI is InChI=1S/C15H22N2OS/c1-3-6-10(2)18-15-12(14(16)19)9-11-7-4-5-8-13(11)17-15/h9-10H,3-8H2,1-2H3,(H2,16,19). The van der Waals surface area contributed by atoms with E-state index in [0.29, 0.717) is 10.9 Å². The summed E-state index contributed by atoms with van der Waals surface area (Å²) >= 11 is 5.13. The van der Waals surface area contributed by atoms with Crippen LogP contribution in [0.5, 0.6) is 5.88 Å². The third-order valence-corrected chi connectivity index (χ3v) is 3.76. The maximum atomic E-state index is 5.93. The molecule has 1 aliphatic rings. The largest absolute Gasteiger partial charge is 0.474 e. The fourth-order valence-electron chi connectivity index (χ4n) is 2.54. The average molecular weight is 278 g/mol. The van der Waals surface area contributed by atoms with Crippen molar-refractivity contribution in [1.29, 1.82) is 0 Å². The van der Waals surface area contributed by atoms with E-state index < -0.39 is 0 Å². The van der Waals surface area contributed by atoms with Crippen LogP contribution in [0.2, 0.25) is 0 Å². The van der Waals surface area contributed by atoms with Gasteiger partial charge in [0, 0.05) is 5.69 Å². The van der Waals surface area contributed by atoms with Gasteiger partial charge >= 0.3 is 0 Å². The lowest BCUT2D eigenvalue weighted by Gasteiger charge is -2.20. The van der Waals surface area contributed by atoms with Crippen molar-refractivity contribution in [1.82, 2.24) is 4.98 Å². The molecule has 1 atom stereocenters. The van der Waals surface area contributed by atoms with Crippen molar-refractivity contribution >= 4 is 17.2 Å². The smallest absolute Gasteiger partial charge is 0.224 e. The zero-order valence-electron chi connectivity index (χ0n) is 11.7. The summed E-state index contributed by atoms with van der Waals surface area (Å²) in [6.45, 7) is 4.21. The first-order valence-corrected chi connectivity index (χ1v) is 7.52. The van der Waals surface area contributed by atoms with E-state index in [9.17, 15) is 0 Å². The van der Waals surface area contributed by atoms with E-state index in [2.05, 4.69) is 24.9 Å². The highest BCUT2D eigenvalue weighted by Crippen LogP contribution is 2.27. The van der Waals surface area contributed by atoms with Crippen LogP contribution in [0.3, 0.4) is 0 Å². The second-order valence-electron chi connectivity index (χ2n) is 5.24. The Bertz CT molecular complexity index is 473. The molecule has 0 bridgehead atoms. The maximum absolute atomic E-state index is 5.93. The van der Waals surface area contributed by atoms with E-state index >= 15 is 0 Å². The first kappa shape index (κ1) is 14.3. The number of thiocarbonyl (C=S) groups is 1. The zero-order valence-corrected chi connectivity index (χ0v) is 12.6. The molecule has 0 saturated carbocycles. The highest BCUT2D eigenvalue weighted by Gasteiger charge is 2.18. The predicted molar refractivity (Wildman–Crippen MR) is 81.8 cm³/mol. The van der Waals surface area contributed by atoms with Gasteiger partial charge in [0.2, 0.25) is 5.88 Å². The Kier molecular flexibility index (Phi) is 4.75. The molecule has 104 valence electrons. The minimum Gasteiger partial charge on any atom is -0.474 e. The summed E-state index contributed by atoms with van der Waals surface area (Å²) in [7, 11) is 0. The van der Waals surface area contributed by atoms with Gasteiger partial charge in [0.15, 0.2) is 0 Å². The van der Waals surface area contributed by atoms with Crippen LogP contribution in [0.1, 0.15) is 56.4 Å². The van der Waals surface area contributed by atoms with Gasteiger partial charge in [0.25, 0.3) is 0 Å². The van der Waals surface area contributed by atoms with E-state index in [1.54, 1.807) is 0 Å². The van der Waals surface area contributed by atoms with E-state index in [-0.39, 0.29) is 6.10 Å². The van der Waals surface area contributed by atoms with Gasteiger partial charge < -0.3 is 10.5 Å². The number of aryl methyl sites for hydroxylation is 2. The van der Waals surface area contributed by atoms with Crippen LogP contribution in [-0.4, -0.2) is 16.1 Å². The summed E-state index contributed by atoms with van der Waals surface area (Å²) < 4.78 is 5.93. The number of nitrogens with two attached hydrogens (primary N) is 1. The van der Waals surface area contributed by atoms with Gasteiger partial charge in [-0.2, -0.15) is 0 Å². The van der Waals surface area contributed by atoms with Crippen LogP contribution in [0, 0.1) is 0 Å². The van der Waals surface area contributed by atoms with E-state index in [0.717, 1.165) is 36.9 Å². The summed E-state index contributed by atoms with van der Waals surface area (Å²) in [6.07, 6.45) is 6.78. The lowest BCUT2D eigenvalue weighted by atomic mass is 9.95. The third kappa shape index (κ3) is 3.44. The van der Waals surface area contributed by atoms with Gasteiger partial charge in [-0.05, 0) is 50.7 Å². The first-order chi connectivity index (χ1) is 9.11. The molecule has 4 heteroatoms. The molecule has 3 nitrogen and oxygen atoms in total. The van der Waals surface area contributed by atoms with E-state index in [4.69, 9.17) is 22.7 Å². The van der Waals surface area contributed by atoms with Crippen LogP contribution in [0.15, 0.2) is 6.07 Å². The molecular weight excluding hydrogens is 256 g/mol. The van der Waals surface area contributed by atoms with Crippen LogP contribution in [0.25, 0.3) is 0 Å². The topological polar surface area (TPSA) is 48.1 Å². The Morgan fingerprint density at radius 2 is 2.21 bits per heavy atom.